The van der Waals surface area contributed by atoms with Crippen molar-refractivity contribution in [3.05, 3.63) is 72.6 Å². The van der Waals surface area contributed by atoms with E-state index in [1.807, 2.05) is 41.1 Å². The van der Waals surface area contributed by atoms with E-state index in [4.69, 9.17) is 4.42 Å². The largest absolute Gasteiger partial charge is 0.415 e. The lowest BCUT2D eigenvalue weighted by molar-refractivity contribution is 0.116. The minimum Gasteiger partial charge on any atom is -0.415 e. The van der Waals surface area contributed by atoms with Gasteiger partial charge in [-0.25, -0.2) is 4.98 Å². The molecular formula is C18H13F2N5O. The zero-order valence-electron chi connectivity index (χ0n) is 13.5. The van der Waals surface area contributed by atoms with Gasteiger partial charge >= 0.3 is 6.43 Å². The van der Waals surface area contributed by atoms with Crippen molar-refractivity contribution < 1.29 is 13.2 Å². The highest BCUT2D eigenvalue weighted by Crippen LogP contribution is 2.26. The first-order valence-electron chi connectivity index (χ1n) is 7.83. The van der Waals surface area contributed by atoms with E-state index in [-0.39, 0.29) is 5.89 Å². The minimum absolute atomic E-state index is 0.00387. The first kappa shape index (κ1) is 16.1. The van der Waals surface area contributed by atoms with E-state index in [2.05, 4.69) is 20.2 Å². The van der Waals surface area contributed by atoms with E-state index >= 15 is 0 Å². The molecule has 0 spiro atoms. The summed E-state index contributed by atoms with van der Waals surface area (Å²) in [6.45, 7) is 0.649. The van der Waals surface area contributed by atoms with Crippen LogP contribution in [0.5, 0.6) is 0 Å². The number of hydrogen-bond donors (Lipinski definition) is 0. The van der Waals surface area contributed by atoms with Gasteiger partial charge in [0.1, 0.15) is 5.82 Å². The molecule has 0 fully saturated rings. The molecule has 8 heteroatoms. The summed E-state index contributed by atoms with van der Waals surface area (Å²) in [6, 6.07) is 11.7. The van der Waals surface area contributed by atoms with Gasteiger partial charge in [-0.15, -0.1) is 10.2 Å². The van der Waals surface area contributed by atoms with Gasteiger partial charge in [0.05, 0.1) is 5.56 Å². The standard InChI is InChI=1S/C18H13F2N5O/c19-15(20)18-24-23-17(26-18)14-8-13(9-21-10-14)16-22-6-7-25(16)11-12-4-2-1-3-5-12/h1-10,15H,11H2. The predicted octanol–water partition coefficient (Wildman–Crippen LogP) is 3.98. The molecule has 0 aliphatic heterocycles. The van der Waals surface area contributed by atoms with Crippen molar-refractivity contribution in [3.63, 3.8) is 0 Å². The van der Waals surface area contributed by atoms with Crippen LogP contribution in [0.25, 0.3) is 22.8 Å². The highest BCUT2D eigenvalue weighted by atomic mass is 19.3. The second-order valence-electron chi connectivity index (χ2n) is 5.57. The summed E-state index contributed by atoms with van der Waals surface area (Å²) >= 11 is 0. The quantitative estimate of drug-likeness (QED) is 0.543. The lowest BCUT2D eigenvalue weighted by atomic mass is 10.2. The number of nitrogens with zero attached hydrogens (tertiary/aromatic N) is 5. The van der Waals surface area contributed by atoms with E-state index in [0.29, 0.717) is 17.9 Å². The summed E-state index contributed by atoms with van der Waals surface area (Å²) in [7, 11) is 0. The number of imidazole rings is 1. The van der Waals surface area contributed by atoms with Gasteiger partial charge in [-0.05, 0) is 11.6 Å². The fourth-order valence-electron chi connectivity index (χ4n) is 2.60. The monoisotopic (exact) mass is 353 g/mol. The predicted molar refractivity (Wildman–Crippen MR) is 89.3 cm³/mol. The van der Waals surface area contributed by atoms with Gasteiger partial charge < -0.3 is 8.98 Å². The van der Waals surface area contributed by atoms with E-state index in [0.717, 1.165) is 11.1 Å². The van der Waals surface area contributed by atoms with Crippen LogP contribution in [0.2, 0.25) is 0 Å². The Balaban J connectivity index is 1.66. The Morgan fingerprint density at radius 2 is 1.85 bits per heavy atom. The average molecular weight is 353 g/mol. The van der Waals surface area contributed by atoms with Crippen LogP contribution in [0.15, 0.2) is 65.6 Å². The van der Waals surface area contributed by atoms with Gasteiger partial charge in [0, 0.05) is 36.9 Å². The molecule has 0 amide bonds. The summed E-state index contributed by atoms with van der Waals surface area (Å²) in [5.74, 6) is -0.0106. The average Bonchev–Trinajstić information content (AvgIpc) is 3.32. The zero-order valence-corrected chi connectivity index (χ0v) is 13.5. The topological polar surface area (TPSA) is 69.6 Å². The number of hydrogen-bond acceptors (Lipinski definition) is 5. The van der Waals surface area contributed by atoms with Gasteiger partial charge in [-0.2, -0.15) is 8.78 Å². The third-order valence-electron chi connectivity index (χ3n) is 3.78. The van der Waals surface area contributed by atoms with Crippen molar-refractivity contribution in [2.75, 3.05) is 0 Å². The van der Waals surface area contributed by atoms with Gasteiger partial charge in [0.15, 0.2) is 0 Å². The molecule has 0 atom stereocenters. The van der Waals surface area contributed by atoms with Crippen molar-refractivity contribution in [3.8, 4) is 22.8 Å². The van der Waals surface area contributed by atoms with Crippen LogP contribution < -0.4 is 0 Å². The Kier molecular flexibility index (Phi) is 4.22. The molecule has 4 rings (SSSR count). The van der Waals surface area contributed by atoms with Crippen LogP contribution in [-0.2, 0) is 6.54 Å². The summed E-state index contributed by atoms with van der Waals surface area (Å²) in [5.41, 5.74) is 2.31. The molecule has 0 bridgehead atoms. The van der Waals surface area contributed by atoms with Crippen molar-refractivity contribution in [1.29, 1.82) is 0 Å². The third-order valence-corrected chi connectivity index (χ3v) is 3.78. The van der Waals surface area contributed by atoms with Gasteiger partial charge in [0.25, 0.3) is 5.89 Å². The van der Waals surface area contributed by atoms with Crippen molar-refractivity contribution in [2.24, 2.45) is 0 Å². The summed E-state index contributed by atoms with van der Waals surface area (Å²) < 4.78 is 32.2. The normalized spacial score (nSPS) is 11.2. The molecule has 26 heavy (non-hydrogen) atoms. The molecule has 6 nitrogen and oxygen atoms in total. The Hall–Kier alpha value is -3.42. The van der Waals surface area contributed by atoms with Crippen LogP contribution in [0.3, 0.4) is 0 Å². The molecule has 0 saturated heterocycles. The van der Waals surface area contributed by atoms with E-state index in [9.17, 15) is 8.78 Å². The Morgan fingerprint density at radius 1 is 1.04 bits per heavy atom. The molecule has 0 unspecified atom stereocenters. The molecule has 0 saturated carbocycles. The van der Waals surface area contributed by atoms with Crippen LogP contribution in [0.1, 0.15) is 17.9 Å². The maximum atomic E-state index is 12.6. The lowest BCUT2D eigenvalue weighted by Gasteiger charge is -2.08. The minimum atomic E-state index is -2.81. The molecule has 4 aromatic rings. The molecular weight excluding hydrogens is 340 g/mol. The van der Waals surface area contributed by atoms with Crippen LogP contribution >= 0.6 is 0 Å². The van der Waals surface area contributed by atoms with E-state index < -0.39 is 12.3 Å². The van der Waals surface area contributed by atoms with Gasteiger partial charge in [0.2, 0.25) is 5.89 Å². The highest BCUT2D eigenvalue weighted by Gasteiger charge is 2.18. The number of pyridine rings is 1. The van der Waals surface area contributed by atoms with Crippen molar-refractivity contribution >= 4 is 0 Å². The Bertz CT molecular complexity index is 1010. The zero-order chi connectivity index (χ0) is 17.9. The number of halogens is 2. The van der Waals surface area contributed by atoms with Gasteiger partial charge in [-0.3, -0.25) is 4.98 Å². The SMILES string of the molecule is FC(F)c1nnc(-c2cncc(-c3nccn3Cc3ccccc3)c2)o1. The molecule has 0 N–H and O–H groups in total. The van der Waals surface area contributed by atoms with Crippen LogP contribution in [0.4, 0.5) is 8.78 Å². The highest BCUT2D eigenvalue weighted by molar-refractivity contribution is 5.63. The van der Waals surface area contributed by atoms with Crippen molar-refractivity contribution in [1.82, 2.24) is 24.7 Å². The van der Waals surface area contributed by atoms with Gasteiger partial charge in [-0.1, -0.05) is 30.3 Å². The summed E-state index contributed by atoms with van der Waals surface area (Å²) in [4.78, 5) is 8.54. The number of alkyl halides is 2. The molecule has 3 aromatic heterocycles. The molecule has 130 valence electrons. The van der Waals surface area contributed by atoms with E-state index in [1.54, 1.807) is 18.5 Å². The Morgan fingerprint density at radius 3 is 2.62 bits per heavy atom. The number of benzene rings is 1. The first-order chi connectivity index (χ1) is 12.7. The molecule has 1 aromatic carbocycles. The molecule has 0 aliphatic carbocycles. The Labute approximate surface area is 147 Å². The maximum absolute atomic E-state index is 12.6. The maximum Gasteiger partial charge on any atom is 0.314 e. The summed E-state index contributed by atoms with van der Waals surface area (Å²) in [6.07, 6.45) is 3.90. The van der Waals surface area contributed by atoms with Crippen LogP contribution in [0, 0.1) is 0 Å². The number of rotatable bonds is 5. The second kappa shape index (κ2) is 6.83. The fraction of sp³-hybridized carbons (Fsp3) is 0.111. The lowest BCUT2D eigenvalue weighted by Crippen LogP contribution is -2.01. The fourth-order valence-corrected chi connectivity index (χ4v) is 2.60. The smallest absolute Gasteiger partial charge is 0.314 e. The molecule has 3 heterocycles. The first-order valence-corrected chi connectivity index (χ1v) is 7.83. The summed E-state index contributed by atoms with van der Waals surface area (Å²) in [5, 5.41) is 7.00. The molecule has 0 aliphatic rings. The molecule has 0 radical (unpaired) electrons. The van der Waals surface area contributed by atoms with E-state index in [1.165, 1.54) is 6.20 Å². The van der Waals surface area contributed by atoms with Crippen molar-refractivity contribution in [2.45, 2.75) is 13.0 Å². The third kappa shape index (κ3) is 3.21. The number of aromatic nitrogens is 5. The van der Waals surface area contributed by atoms with Crippen LogP contribution in [-0.4, -0.2) is 24.7 Å². The second-order valence-corrected chi connectivity index (χ2v) is 5.57.